The van der Waals surface area contributed by atoms with Crippen LogP contribution in [-0.4, -0.2) is 53.3 Å². The zero-order chi connectivity index (χ0) is 25.0. The Hall–Kier alpha value is -2.86. The second-order valence-electron chi connectivity index (χ2n) is 10.6. The molecule has 3 aromatic rings. The number of rotatable bonds is 9. The summed E-state index contributed by atoms with van der Waals surface area (Å²) in [6.07, 6.45) is 12.4. The van der Waals surface area contributed by atoms with Gasteiger partial charge in [-0.25, -0.2) is 4.98 Å². The molecule has 0 spiro atoms. The molecule has 35 heavy (non-hydrogen) atoms. The van der Waals surface area contributed by atoms with Gasteiger partial charge in [-0.1, -0.05) is 37.5 Å². The maximum Gasteiger partial charge on any atom is 0.314 e. The predicted octanol–water partition coefficient (Wildman–Crippen LogP) is 5.86. The number of aromatic nitrogens is 2. The highest BCUT2D eigenvalue weighted by Gasteiger charge is 2.31. The molecule has 4 rings (SSSR count). The van der Waals surface area contributed by atoms with Crippen LogP contribution in [0.1, 0.15) is 64.5 Å². The third-order valence-electron chi connectivity index (χ3n) is 7.61. The molecular weight excluding hydrogens is 438 g/mol. The predicted molar refractivity (Wildman–Crippen MR) is 140 cm³/mol. The molecule has 0 radical (unpaired) electrons. The monoisotopic (exact) mass is 477 g/mol. The number of methoxy groups -OCH3 is 1. The van der Waals surface area contributed by atoms with E-state index in [1.807, 2.05) is 38.5 Å². The van der Waals surface area contributed by atoms with Gasteiger partial charge in [0.15, 0.2) is 0 Å². The Morgan fingerprint density at radius 2 is 1.86 bits per heavy atom. The van der Waals surface area contributed by atoms with Crippen LogP contribution >= 0.6 is 0 Å². The molecule has 2 aromatic carbocycles. The van der Waals surface area contributed by atoms with Crippen LogP contribution in [0.2, 0.25) is 0 Å². The minimum Gasteiger partial charge on any atom is -0.492 e. The summed E-state index contributed by atoms with van der Waals surface area (Å²) in [5.41, 5.74) is 0.567. The number of fused-ring (bicyclic) bond motifs is 1. The van der Waals surface area contributed by atoms with Gasteiger partial charge in [0.05, 0.1) is 24.9 Å². The summed E-state index contributed by atoms with van der Waals surface area (Å²) in [4.78, 5) is 18.9. The number of hydrogen-bond acceptors (Lipinski definition) is 5. The first kappa shape index (κ1) is 25.2. The van der Waals surface area contributed by atoms with E-state index in [-0.39, 0.29) is 18.6 Å². The number of imidazole rings is 1. The molecule has 6 heteroatoms. The smallest absolute Gasteiger partial charge is 0.314 e. The zero-order valence-corrected chi connectivity index (χ0v) is 21.7. The van der Waals surface area contributed by atoms with Crippen LogP contribution in [0.25, 0.3) is 10.8 Å². The highest BCUT2D eigenvalue weighted by Crippen LogP contribution is 2.33. The Morgan fingerprint density at radius 1 is 1.14 bits per heavy atom. The molecule has 6 nitrogen and oxygen atoms in total. The van der Waals surface area contributed by atoms with E-state index in [0.717, 1.165) is 11.1 Å². The van der Waals surface area contributed by atoms with Crippen molar-refractivity contribution < 1.29 is 14.3 Å². The van der Waals surface area contributed by atoms with E-state index in [0.29, 0.717) is 12.1 Å². The van der Waals surface area contributed by atoms with Gasteiger partial charge >= 0.3 is 5.97 Å². The Morgan fingerprint density at radius 3 is 2.54 bits per heavy atom. The summed E-state index contributed by atoms with van der Waals surface area (Å²) in [5, 5.41) is 2.28. The summed E-state index contributed by atoms with van der Waals surface area (Å²) >= 11 is 0. The van der Waals surface area contributed by atoms with Gasteiger partial charge in [0.1, 0.15) is 12.4 Å². The van der Waals surface area contributed by atoms with E-state index in [4.69, 9.17) is 9.47 Å². The van der Waals surface area contributed by atoms with Crippen molar-refractivity contribution in [2.45, 2.75) is 71.0 Å². The third kappa shape index (κ3) is 5.69. The number of carbonyl (C=O) groups is 1. The van der Waals surface area contributed by atoms with E-state index < -0.39 is 5.41 Å². The molecule has 0 N–H and O–H groups in total. The van der Waals surface area contributed by atoms with Crippen LogP contribution in [0.5, 0.6) is 5.75 Å². The first-order chi connectivity index (χ1) is 16.8. The highest BCUT2D eigenvalue weighted by atomic mass is 16.5. The first-order valence-electron chi connectivity index (χ1n) is 12.7. The number of esters is 1. The van der Waals surface area contributed by atoms with Crippen molar-refractivity contribution in [1.29, 1.82) is 0 Å². The number of benzene rings is 2. The maximum atomic E-state index is 12.0. The highest BCUT2D eigenvalue weighted by molar-refractivity contribution is 5.84. The third-order valence-corrected chi connectivity index (χ3v) is 7.61. The SMILES string of the molecule is COC(=O)C(C)(C)COc1ccc2cc(C(C(C)N(C)C3CCCCC3)n3ccnc3)ccc2c1. The van der Waals surface area contributed by atoms with E-state index in [2.05, 4.69) is 58.9 Å². The molecule has 0 saturated heterocycles. The molecular formula is C29H39N3O3. The fourth-order valence-corrected chi connectivity index (χ4v) is 5.29. The minimum atomic E-state index is -0.702. The lowest BCUT2D eigenvalue weighted by Gasteiger charge is -2.39. The Bertz CT molecular complexity index is 1120. The van der Waals surface area contributed by atoms with Crippen molar-refractivity contribution >= 4 is 16.7 Å². The second-order valence-corrected chi connectivity index (χ2v) is 10.6. The van der Waals surface area contributed by atoms with Gasteiger partial charge in [0.25, 0.3) is 0 Å². The normalized spacial score (nSPS) is 16.9. The van der Waals surface area contributed by atoms with Crippen molar-refractivity contribution in [2.24, 2.45) is 5.41 Å². The molecule has 1 saturated carbocycles. The lowest BCUT2D eigenvalue weighted by atomic mass is 9.91. The van der Waals surface area contributed by atoms with Crippen LogP contribution in [-0.2, 0) is 9.53 Å². The Balaban J connectivity index is 1.57. The second kappa shape index (κ2) is 10.8. The summed E-state index contributed by atoms with van der Waals surface area (Å²) < 4.78 is 13.1. The van der Waals surface area contributed by atoms with Crippen LogP contribution in [0.15, 0.2) is 55.1 Å². The zero-order valence-electron chi connectivity index (χ0n) is 21.7. The van der Waals surface area contributed by atoms with Crippen molar-refractivity contribution in [1.82, 2.24) is 14.5 Å². The molecule has 2 unspecified atom stereocenters. The van der Waals surface area contributed by atoms with Gasteiger partial charge in [0.2, 0.25) is 0 Å². The Kier molecular flexibility index (Phi) is 7.80. The fraction of sp³-hybridized carbons (Fsp3) is 0.517. The minimum absolute atomic E-state index is 0.172. The van der Waals surface area contributed by atoms with Gasteiger partial charge in [-0.15, -0.1) is 0 Å². The quantitative estimate of drug-likeness (QED) is 0.362. The average Bonchev–Trinajstić information content (AvgIpc) is 3.41. The van der Waals surface area contributed by atoms with Gasteiger partial charge in [-0.2, -0.15) is 0 Å². The number of nitrogens with zero attached hydrogens (tertiary/aromatic N) is 3. The van der Waals surface area contributed by atoms with Gasteiger partial charge in [-0.05, 0) is 75.2 Å². The van der Waals surface area contributed by atoms with Gasteiger partial charge < -0.3 is 14.0 Å². The van der Waals surface area contributed by atoms with E-state index in [1.165, 1.54) is 50.2 Å². The Labute approximate surface area is 209 Å². The number of likely N-dealkylation sites (N-methyl/N-ethyl adjacent to an activating group) is 1. The molecule has 1 aliphatic rings. The molecule has 1 aromatic heterocycles. The van der Waals surface area contributed by atoms with Crippen molar-refractivity contribution in [3.05, 3.63) is 60.7 Å². The number of carbonyl (C=O) groups excluding carboxylic acids is 1. The molecule has 0 aliphatic heterocycles. The summed E-state index contributed by atoms with van der Waals surface area (Å²) in [6, 6.07) is 13.9. The lowest BCUT2D eigenvalue weighted by molar-refractivity contribution is -0.152. The molecule has 188 valence electrons. The van der Waals surface area contributed by atoms with Crippen LogP contribution < -0.4 is 4.74 Å². The lowest BCUT2D eigenvalue weighted by Crippen LogP contribution is -2.44. The van der Waals surface area contributed by atoms with Crippen molar-refractivity contribution in [2.75, 3.05) is 20.8 Å². The summed E-state index contributed by atoms with van der Waals surface area (Å²) in [6.45, 7) is 6.25. The molecule has 1 aliphatic carbocycles. The van der Waals surface area contributed by atoms with Crippen LogP contribution in [0, 0.1) is 5.41 Å². The molecule has 2 atom stereocenters. The maximum absolute atomic E-state index is 12.0. The van der Waals surface area contributed by atoms with Gasteiger partial charge in [0, 0.05) is 24.5 Å². The number of hydrogen-bond donors (Lipinski definition) is 0. The van der Waals surface area contributed by atoms with Crippen LogP contribution in [0.3, 0.4) is 0 Å². The van der Waals surface area contributed by atoms with Crippen molar-refractivity contribution in [3.63, 3.8) is 0 Å². The first-order valence-corrected chi connectivity index (χ1v) is 12.7. The standard InChI is InChI=1S/C29H39N3O3/c1-21(31(4)25-9-7-6-8-10-25)27(32-16-15-30-20-32)24-12-11-23-18-26(14-13-22(23)17-24)35-19-29(2,3)28(33)34-5/h11-18,20-21,25,27H,6-10,19H2,1-5H3. The largest absolute Gasteiger partial charge is 0.492 e. The molecule has 1 heterocycles. The topological polar surface area (TPSA) is 56.6 Å². The number of ether oxygens (including phenoxy) is 2. The van der Waals surface area contributed by atoms with Crippen molar-refractivity contribution in [3.8, 4) is 5.75 Å². The summed E-state index contributed by atoms with van der Waals surface area (Å²) in [7, 11) is 3.69. The average molecular weight is 478 g/mol. The fourth-order valence-electron chi connectivity index (χ4n) is 5.29. The van der Waals surface area contributed by atoms with E-state index in [9.17, 15) is 4.79 Å². The molecule has 1 fully saturated rings. The van der Waals surface area contributed by atoms with Gasteiger partial charge in [-0.3, -0.25) is 9.69 Å². The molecule has 0 bridgehead atoms. The summed E-state index contributed by atoms with van der Waals surface area (Å²) in [5.74, 6) is 0.472. The van der Waals surface area contributed by atoms with E-state index >= 15 is 0 Å². The molecule has 0 amide bonds. The van der Waals surface area contributed by atoms with E-state index in [1.54, 1.807) is 0 Å². The van der Waals surface area contributed by atoms with Crippen LogP contribution in [0.4, 0.5) is 0 Å².